The molecule has 10 nitrogen and oxygen atoms in total. The van der Waals surface area contributed by atoms with Crippen molar-refractivity contribution in [2.24, 2.45) is 4.74 Å². The fraction of sp³-hybridized carbons (Fsp3) is 0.381. The van der Waals surface area contributed by atoms with E-state index in [1.165, 1.54) is 12.1 Å². The second-order valence-corrected chi connectivity index (χ2v) is 10.4. The minimum atomic E-state index is -2.65. The van der Waals surface area contributed by atoms with E-state index in [1.54, 1.807) is 12.1 Å². The van der Waals surface area contributed by atoms with Crippen LogP contribution in [0.5, 0.6) is 0 Å². The van der Waals surface area contributed by atoms with E-state index in [1.807, 2.05) is 24.3 Å². The van der Waals surface area contributed by atoms with Gasteiger partial charge in [-0.25, -0.2) is 19.1 Å². The Morgan fingerprint density at radius 1 is 0.906 bits per heavy atom. The van der Waals surface area contributed by atoms with Crippen molar-refractivity contribution in [2.75, 3.05) is 52.6 Å². The summed E-state index contributed by atoms with van der Waals surface area (Å²) in [6, 6.07) is 14.1. The molecule has 5 rings (SSSR count). The average Bonchev–Trinajstić information content (AvgIpc) is 3.28. The number of rotatable bonds is 5. The summed E-state index contributed by atoms with van der Waals surface area (Å²) in [4.78, 5) is 15.6. The van der Waals surface area contributed by atoms with Gasteiger partial charge in [0.25, 0.3) is 11.3 Å². The normalized spacial score (nSPS) is 18.6. The molecule has 0 spiro atoms. The summed E-state index contributed by atoms with van der Waals surface area (Å²) in [5, 5.41) is 11.1. The molecule has 32 heavy (non-hydrogen) atoms. The smallest absolute Gasteiger partial charge is 0.269 e. The molecule has 0 unspecified atom stereocenters. The quantitative estimate of drug-likeness (QED) is 0.326. The number of non-ortho nitro benzene ring substituents is 1. The van der Waals surface area contributed by atoms with Gasteiger partial charge in [-0.15, -0.1) is 0 Å². The monoisotopic (exact) mass is 457 g/mol. The van der Waals surface area contributed by atoms with Gasteiger partial charge in [0, 0.05) is 38.3 Å². The molecule has 0 N–H and O–H groups in total. The van der Waals surface area contributed by atoms with Crippen molar-refractivity contribution in [3.63, 3.8) is 0 Å². The van der Waals surface area contributed by atoms with Gasteiger partial charge in [0.15, 0.2) is 12.9 Å². The molecule has 2 aromatic carbocycles. The van der Waals surface area contributed by atoms with Crippen LogP contribution in [0.3, 0.4) is 0 Å². The van der Waals surface area contributed by atoms with E-state index in [0.29, 0.717) is 69.5 Å². The molecule has 0 bridgehead atoms. The van der Waals surface area contributed by atoms with Crippen molar-refractivity contribution in [3.05, 3.63) is 58.6 Å². The third kappa shape index (κ3) is 3.96. The molecule has 0 radical (unpaired) electrons. The van der Waals surface area contributed by atoms with Crippen LogP contribution >= 0.6 is 7.36 Å². The molecular formula is C21H24N5O5P. The van der Waals surface area contributed by atoms with Crippen molar-refractivity contribution < 1.29 is 18.8 Å². The van der Waals surface area contributed by atoms with E-state index in [2.05, 4.69) is 9.34 Å². The third-order valence-corrected chi connectivity index (χ3v) is 9.21. The van der Waals surface area contributed by atoms with Gasteiger partial charge in [-0.2, -0.15) is 0 Å². The zero-order valence-corrected chi connectivity index (χ0v) is 18.4. The van der Waals surface area contributed by atoms with Crippen LogP contribution in [-0.2, 0) is 9.47 Å². The van der Waals surface area contributed by atoms with Crippen LogP contribution < -0.4 is 5.63 Å². The Morgan fingerprint density at radius 2 is 1.50 bits per heavy atom. The van der Waals surface area contributed by atoms with Crippen molar-refractivity contribution in [1.29, 1.82) is 0 Å². The number of ether oxygens (including phenoxy) is 2. The molecule has 2 saturated heterocycles. The highest BCUT2D eigenvalue weighted by atomic mass is 31.2. The van der Waals surface area contributed by atoms with Crippen molar-refractivity contribution >= 4 is 35.5 Å². The van der Waals surface area contributed by atoms with Crippen LogP contribution in [0, 0.1) is 10.1 Å². The predicted octanol–water partition coefficient (Wildman–Crippen LogP) is 3.39. The van der Waals surface area contributed by atoms with Crippen LogP contribution in [0.1, 0.15) is 0 Å². The van der Waals surface area contributed by atoms with E-state index >= 15 is 0 Å². The van der Waals surface area contributed by atoms with Crippen LogP contribution in [0.4, 0.5) is 11.4 Å². The molecule has 3 aromatic rings. The Morgan fingerprint density at radius 3 is 2.06 bits per heavy atom. The SMILES string of the molecule is O=[N+]([O-])c1ccc(N=P(c2nc3ccccc3o2)(N2CCOCC2)N2CCOCC2)cc1. The zero-order valence-electron chi connectivity index (χ0n) is 17.5. The van der Waals surface area contributed by atoms with E-state index < -0.39 is 12.3 Å². The molecule has 0 aliphatic carbocycles. The fourth-order valence-corrected chi connectivity index (χ4v) is 7.59. The first-order valence-corrected chi connectivity index (χ1v) is 12.2. The van der Waals surface area contributed by atoms with Gasteiger partial charge < -0.3 is 13.9 Å². The van der Waals surface area contributed by atoms with E-state index in [4.69, 9.17) is 23.6 Å². The number of para-hydroxylation sites is 2. The number of aromatic nitrogens is 1. The molecule has 2 aliphatic heterocycles. The Bertz CT molecular complexity index is 1100. The van der Waals surface area contributed by atoms with E-state index in [-0.39, 0.29) is 5.69 Å². The van der Waals surface area contributed by atoms with E-state index in [9.17, 15) is 10.1 Å². The number of hydrogen-bond donors (Lipinski definition) is 0. The highest BCUT2D eigenvalue weighted by molar-refractivity contribution is 7.68. The van der Waals surface area contributed by atoms with Gasteiger partial charge in [-0.1, -0.05) is 12.1 Å². The topological polar surface area (TPSA) is 106 Å². The first-order chi connectivity index (χ1) is 15.7. The van der Waals surface area contributed by atoms with Gasteiger partial charge in [0.1, 0.15) is 5.52 Å². The van der Waals surface area contributed by atoms with Crippen LogP contribution in [0.2, 0.25) is 0 Å². The van der Waals surface area contributed by atoms with Crippen LogP contribution in [-0.4, -0.2) is 71.9 Å². The van der Waals surface area contributed by atoms with Crippen LogP contribution in [0.15, 0.2) is 57.7 Å². The third-order valence-electron chi connectivity index (χ3n) is 5.62. The summed E-state index contributed by atoms with van der Waals surface area (Å²) >= 11 is 0. The van der Waals surface area contributed by atoms with Gasteiger partial charge in [0.05, 0.1) is 37.0 Å². The highest BCUT2D eigenvalue weighted by Crippen LogP contribution is 2.58. The Labute approximate surface area is 185 Å². The number of hydrogen-bond acceptors (Lipinski definition) is 7. The fourth-order valence-electron chi connectivity index (χ4n) is 4.05. The number of nitro groups is 1. The summed E-state index contributed by atoms with van der Waals surface area (Å²) in [7, 11) is -2.65. The van der Waals surface area contributed by atoms with Crippen molar-refractivity contribution in [1.82, 2.24) is 14.3 Å². The molecule has 2 fully saturated rings. The second-order valence-electron chi connectivity index (χ2n) is 7.54. The standard InChI is InChI=1S/C21H24N5O5P/c27-26(28)18-7-5-17(6-8-18)23-32(24-9-13-29-14-10-24,25-11-15-30-16-12-25)21-22-19-3-1-2-4-20(19)31-21/h1-8H,9-16H2. The molecule has 168 valence electrons. The molecule has 3 heterocycles. The Kier molecular flexibility index (Phi) is 6.03. The summed E-state index contributed by atoms with van der Waals surface area (Å²) in [5.74, 6) is 0. The Balaban J connectivity index is 1.73. The lowest BCUT2D eigenvalue weighted by Gasteiger charge is -2.44. The van der Waals surface area contributed by atoms with E-state index in [0.717, 1.165) is 5.52 Å². The number of nitro benzene ring substituents is 1. The summed E-state index contributed by atoms with van der Waals surface area (Å²) in [6.45, 7) is 5.18. The van der Waals surface area contributed by atoms with Gasteiger partial charge in [0.2, 0.25) is 0 Å². The lowest BCUT2D eigenvalue weighted by molar-refractivity contribution is -0.384. The lowest BCUT2D eigenvalue weighted by atomic mass is 10.3. The van der Waals surface area contributed by atoms with Gasteiger partial charge in [-0.3, -0.25) is 10.1 Å². The molecule has 0 amide bonds. The second kappa shape index (κ2) is 9.09. The number of oxazole rings is 1. The predicted molar refractivity (Wildman–Crippen MR) is 121 cm³/mol. The summed E-state index contributed by atoms with van der Waals surface area (Å²) in [6.07, 6.45) is 0. The highest BCUT2D eigenvalue weighted by Gasteiger charge is 2.42. The first kappa shape index (κ1) is 21.2. The number of fused-ring (bicyclic) bond motifs is 1. The zero-order chi connectivity index (χ0) is 22.0. The maximum Gasteiger partial charge on any atom is 0.269 e. The largest absolute Gasteiger partial charge is 0.433 e. The number of benzene rings is 2. The maximum atomic E-state index is 11.1. The first-order valence-electron chi connectivity index (χ1n) is 10.6. The molecule has 1 aromatic heterocycles. The van der Waals surface area contributed by atoms with Gasteiger partial charge >= 0.3 is 0 Å². The van der Waals surface area contributed by atoms with Crippen molar-refractivity contribution in [3.8, 4) is 0 Å². The molecule has 0 atom stereocenters. The molecule has 2 aliphatic rings. The molecule has 0 saturated carbocycles. The van der Waals surface area contributed by atoms with Gasteiger partial charge in [-0.05, 0) is 24.3 Å². The number of nitrogens with zero attached hydrogens (tertiary/aromatic N) is 5. The average molecular weight is 457 g/mol. The van der Waals surface area contributed by atoms with Crippen LogP contribution in [0.25, 0.3) is 11.1 Å². The minimum absolute atomic E-state index is 0.0347. The maximum absolute atomic E-state index is 11.1. The number of morpholine rings is 2. The minimum Gasteiger partial charge on any atom is -0.433 e. The van der Waals surface area contributed by atoms with Crippen molar-refractivity contribution in [2.45, 2.75) is 0 Å². The lowest BCUT2D eigenvalue weighted by Crippen LogP contribution is -2.46. The summed E-state index contributed by atoms with van der Waals surface area (Å²) < 4.78 is 27.5. The Hall–Kier alpha value is -2.62. The molecular weight excluding hydrogens is 433 g/mol. The molecule has 11 heteroatoms. The summed E-state index contributed by atoms with van der Waals surface area (Å²) in [5.41, 5.74) is 2.78.